The third kappa shape index (κ3) is 4.54. The molecular weight excluding hydrogens is 346 g/mol. The average molecular weight is 362 g/mol. The molecule has 0 radical (unpaired) electrons. The molecule has 2 rings (SSSR count). The van der Waals surface area contributed by atoms with Gasteiger partial charge in [0.25, 0.3) is 11.6 Å². The summed E-state index contributed by atoms with van der Waals surface area (Å²) in [5.41, 5.74) is 1.60. The van der Waals surface area contributed by atoms with Crippen LogP contribution in [0.3, 0.4) is 0 Å². The fourth-order valence-corrected chi connectivity index (χ4v) is 2.26. The van der Waals surface area contributed by atoms with E-state index in [1.165, 1.54) is 12.1 Å². The van der Waals surface area contributed by atoms with Gasteiger partial charge in [-0.15, -0.1) is 0 Å². The lowest BCUT2D eigenvalue weighted by molar-refractivity contribution is -0.384. The van der Waals surface area contributed by atoms with E-state index in [0.717, 1.165) is 11.6 Å². The zero-order valence-corrected chi connectivity index (χ0v) is 14.4. The van der Waals surface area contributed by atoms with Crippen LogP contribution >= 0.6 is 11.6 Å². The van der Waals surface area contributed by atoms with Crippen molar-refractivity contribution in [2.24, 2.45) is 0 Å². The molecule has 0 aliphatic rings. The van der Waals surface area contributed by atoms with Gasteiger partial charge in [0.1, 0.15) is 5.02 Å². The van der Waals surface area contributed by atoms with Crippen molar-refractivity contribution < 1.29 is 14.5 Å². The fraction of sp³-hybridized carbons (Fsp3) is 0.176. The summed E-state index contributed by atoms with van der Waals surface area (Å²) < 4.78 is 0. The predicted octanol–water partition coefficient (Wildman–Crippen LogP) is 4.16. The molecule has 2 amide bonds. The lowest BCUT2D eigenvalue weighted by Crippen LogP contribution is -2.14. The monoisotopic (exact) mass is 361 g/mol. The summed E-state index contributed by atoms with van der Waals surface area (Å²) in [6.07, 6.45) is 0.337. The molecule has 0 heterocycles. The Balaban J connectivity index is 2.25. The zero-order valence-electron chi connectivity index (χ0n) is 13.6. The number of hydrogen-bond acceptors (Lipinski definition) is 4. The number of nitrogens with zero attached hydrogens (tertiary/aromatic N) is 1. The summed E-state index contributed by atoms with van der Waals surface area (Å²) >= 11 is 5.75. The molecule has 0 spiro atoms. The van der Waals surface area contributed by atoms with E-state index in [1.54, 1.807) is 32.0 Å². The van der Waals surface area contributed by atoms with E-state index >= 15 is 0 Å². The van der Waals surface area contributed by atoms with Crippen LogP contribution in [0.5, 0.6) is 0 Å². The maximum Gasteiger partial charge on any atom is 0.288 e. The lowest BCUT2D eigenvalue weighted by atomic mass is 10.1. The second-order valence-electron chi connectivity index (χ2n) is 5.31. The number of aryl methyl sites for hydroxylation is 1. The van der Waals surface area contributed by atoms with E-state index < -0.39 is 10.8 Å². The summed E-state index contributed by atoms with van der Waals surface area (Å²) in [6.45, 7) is 3.53. The van der Waals surface area contributed by atoms with Crippen LogP contribution in [0.25, 0.3) is 0 Å². The Morgan fingerprint density at radius 1 is 1.16 bits per heavy atom. The quantitative estimate of drug-likeness (QED) is 0.616. The van der Waals surface area contributed by atoms with E-state index in [-0.39, 0.29) is 22.2 Å². The molecule has 0 aliphatic carbocycles. The second-order valence-corrected chi connectivity index (χ2v) is 5.72. The highest BCUT2D eigenvalue weighted by Gasteiger charge is 2.17. The molecular formula is C17H16ClN3O4. The van der Waals surface area contributed by atoms with Crippen LogP contribution in [0.1, 0.15) is 29.3 Å². The number of amides is 2. The van der Waals surface area contributed by atoms with Gasteiger partial charge < -0.3 is 10.6 Å². The standard InChI is InChI=1S/C17H16ClN3O4/c1-3-16(22)19-12-6-4-10(2)14(9-12)20-17(23)11-5-7-13(18)15(8-11)21(24)25/h4-9H,3H2,1-2H3,(H,19,22)(H,20,23). The number of nitro groups is 1. The zero-order chi connectivity index (χ0) is 18.6. The van der Waals surface area contributed by atoms with Crippen molar-refractivity contribution >= 4 is 40.5 Å². The first kappa shape index (κ1) is 18.4. The van der Waals surface area contributed by atoms with Crippen molar-refractivity contribution in [3.8, 4) is 0 Å². The van der Waals surface area contributed by atoms with Crippen LogP contribution in [0.15, 0.2) is 36.4 Å². The molecule has 0 saturated heterocycles. The molecule has 0 aliphatic heterocycles. The van der Waals surface area contributed by atoms with Crippen LogP contribution in [0.2, 0.25) is 5.02 Å². The Bertz CT molecular complexity index is 852. The summed E-state index contributed by atoms with van der Waals surface area (Å²) in [6, 6.07) is 8.94. The van der Waals surface area contributed by atoms with Gasteiger partial charge in [0, 0.05) is 29.4 Å². The van der Waals surface area contributed by atoms with Crippen molar-refractivity contribution in [1.29, 1.82) is 0 Å². The molecule has 0 saturated carbocycles. The number of carbonyl (C=O) groups excluding carboxylic acids is 2. The van der Waals surface area contributed by atoms with Gasteiger partial charge in [-0.1, -0.05) is 24.6 Å². The minimum atomic E-state index is -0.648. The largest absolute Gasteiger partial charge is 0.326 e. The van der Waals surface area contributed by atoms with Gasteiger partial charge in [0.15, 0.2) is 0 Å². The molecule has 25 heavy (non-hydrogen) atoms. The third-order valence-corrected chi connectivity index (χ3v) is 3.82. The van der Waals surface area contributed by atoms with Gasteiger partial charge in [-0.25, -0.2) is 0 Å². The highest BCUT2D eigenvalue weighted by Crippen LogP contribution is 2.26. The normalized spacial score (nSPS) is 10.2. The van der Waals surface area contributed by atoms with Crippen molar-refractivity contribution in [2.45, 2.75) is 20.3 Å². The SMILES string of the molecule is CCC(=O)Nc1ccc(C)c(NC(=O)c2ccc(Cl)c([N+](=O)[O-])c2)c1. The van der Waals surface area contributed by atoms with E-state index in [9.17, 15) is 19.7 Å². The van der Waals surface area contributed by atoms with Crippen LogP contribution in [-0.2, 0) is 4.79 Å². The molecule has 130 valence electrons. The number of anilines is 2. The van der Waals surface area contributed by atoms with E-state index in [1.807, 2.05) is 0 Å². The minimum Gasteiger partial charge on any atom is -0.326 e. The molecule has 0 unspecified atom stereocenters. The fourth-order valence-electron chi connectivity index (χ4n) is 2.07. The number of nitro benzene ring substituents is 1. The minimum absolute atomic E-state index is 0.0398. The Morgan fingerprint density at radius 2 is 1.88 bits per heavy atom. The molecule has 2 N–H and O–H groups in total. The second kappa shape index (κ2) is 7.76. The van der Waals surface area contributed by atoms with Gasteiger partial charge >= 0.3 is 0 Å². The maximum atomic E-state index is 12.4. The first-order chi connectivity index (χ1) is 11.8. The lowest BCUT2D eigenvalue weighted by Gasteiger charge is -2.11. The summed E-state index contributed by atoms with van der Waals surface area (Å²) in [5, 5.41) is 16.3. The molecule has 2 aromatic rings. The van der Waals surface area contributed by atoms with Crippen LogP contribution in [-0.4, -0.2) is 16.7 Å². The van der Waals surface area contributed by atoms with Gasteiger partial charge in [-0.05, 0) is 36.8 Å². The Morgan fingerprint density at radius 3 is 2.52 bits per heavy atom. The number of hydrogen-bond donors (Lipinski definition) is 2. The number of nitrogens with one attached hydrogen (secondary N) is 2. The Hall–Kier alpha value is -2.93. The molecule has 8 heteroatoms. The first-order valence-corrected chi connectivity index (χ1v) is 7.85. The maximum absolute atomic E-state index is 12.4. The predicted molar refractivity (Wildman–Crippen MR) is 96.2 cm³/mol. The number of halogens is 1. The highest BCUT2D eigenvalue weighted by atomic mass is 35.5. The van der Waals surface area contributed by atoms with Crippen molar-refractivity contribution in [3.05, 3.63) is 62.7 Å². The van der Waals surface area contributed by atoms with Crippen LogP contribution in [0, 0.1) is 17.0 Å². The van der Waals surface area contributed by atoms with Crippen molar-refractivity contribution in [2.75, 3.05) is 10.6 Å². The first-order valence-electron chi connectivity index (χ1n) is 7.47. The molecule has 7 nitrogen and oxygen atoms in total. The van der Waals surface area contributed by atoms with E-state index in [0.29, 0.717) is 17.8 Å². The number of rotatable bonds is 5. The van der Waals surface area contributed by atoms with Gasteiger partial charge in [-0.3, -0.25) is 19.7 Å². The van der Waals surface area contributed by atoms with Gasteiger partial charge in [0.05, 0.1) is 4.92 Å². The van der Waals surface area contributed by atoms with Gasteiger partial charge in [0.2, 0.25) is 5.91 Å². The molecule has 0 atom stereocenters. The summed E-state index contributed by atoms with van der Waals surface area (Å²) in [4.78, 5) is 34.1. The molecule has 0 bridgehead atoms. The summed E-state index contributed by atoms with van der Waals surface area (Å²) in [5.74, 6) is -0.656. The van der Waals surface area contributed by atoms with Gasteiger partial charge in [-0.2, -0.15) is 0 Å². The number of carbonyl (C=O) groups is 2. The molecule has 0 aromatic heterocycles. The summed E-state index contributed by atoms with van der Waals surface area (Å²) in [7, 11) is 0. The highest BCUT2D eigenvalue weighted by molar-refractivity contribution is 6.32. The average Bonchev–Trinajstić information content (AvgIpc) is 2.57. The third-order valence-electron chi connectivity index (χ3n) is 3.50. The molecule has 0 fully saturated rings. The Kier molecular flexibility index (Phi) is 5.71. The van der Waals surface area contributed by atoms with Crippen LogP contribution in [0.4, 0.5) is 17.1 Å². The van der Waals surface area contributed by atoms with E-state index in [4.69, 9.17) is 11.6 Å². The smallest absolute Gasteiger partial charge is 0.288 e. The number of benzene rings is 2. The van der Waals surface area contributed by atoms with Crippen molar-refractivity contribution in [1.82, 2.24) is 0 Å². The Labute approximate surface area is 149 Å². The van der Waals surface area contributed by atoms with Crippen LogP contribution < -0.4 is 10.6 Å². The van der Waals surface area contributed by atoms with E-state index in [2.05, 4.69) is 10.6 Å². The van der Waals surface area contributed by atoms with Crippen molar-refractivity contribution in [3.63, 3.8) is 0 Å². The topological polar surface area (TPSA) is 101 Å². The molecule has 2 aromatic carbocycles.